The second-order valence-corrected chi connectivity index (χ2v) is 5.93. The lowest BCUT2D eigenvalue weighted by molar-refractivity contribution is -0.119. The number of carbonyl (C=O) groups excluding carboxylic acids is 2. The molecule has 1 N–H and O–H groups in total. The van der Waals surface area contributed by atoms with E-state index >= 15 is 0 Å². The second-order valence-electron chi connectivity index (χ2n) is 4.69. The van der Waals surface area contributed by atoms with E-state index in [0.29, 0.717) is 11.3 Å². The molecule has 2 rings (SSSR count). The first kappa shape index (κ1) is 16.5. The zero-order valence-electron chi connectivity index (χ0n) is 12.1. The summed E-state index contributed by atoms with van der Waals surface area (Å²) >= 11 is 2.12. The number of rotatable bonds is 5. The van der Waals surface area contributed by atoms with Gasteiger partial charge in [0.25, 0.3) is 5.91 Å². The van der Waals surface area contributed by atoms with E-state index in [0.717, 1.165) is 15.6 Å². The SMILES string of the molecule is CCc1cccc(NC(=O)COC(=O)c2cccc(I)c2)c1. The molecule has 1 amide bonds. The summed E-state index contributed by atoms with van der Waals surface area (Å²) in [7, 11) is 0. The summed E-state index contributed by atoms with van der Waals surface area (Å²) in [4.78, 5) is 23.7. The third-order valence-electron chi connectivity index (χ3n) is 3.01. The molecule has 2 aromatic carbocycles. The monoisotopic (exact) mass is 409 g/mol. The van der Waals surface area contributed by atoms with Crippen molar-refractivity contribution in [1.29, 1.82) is 0 Å². The zero-order chi connectivity index (χ0) is 15.9. The molecule has 0 bridgehead atoms. The number of nitrogens with one attached hydrogen (secondary N) is 1. The minimum atomic E-state index is -0.504. The van der Waals surface area contributed by atoms with Crippen LogP contribution in [-0.2, 0) is 16.0 Å². The number of hydrogen-bond acceptors (Lipinski definition) is 3. The molecule has 114 valence electrons. The van der Waals surface area contributed by atoms with Crippen molar-refractivity contribution in [2.75, 3.05) is 11.9 Å². The molecular weight excluding hydrogens is 393 g/mol. The topological polar surface area (TPSA) is 55.4 Å². The van der Waals surface area contributed by atoms with Crippen molar-refractivity contribution in [2.45, 2.75) is 13.3 Å². The molecule has 0 unspecified atom stereocenters. The summed E-state index contributed by atoms with van der Waals surface area (Å²) in [6, 6.07) is 14.6. The minimum absolute atomic E-state index is 0.305. The molecular formula is C17H16INO3. The smallest absolute Gasteiger partial charge is 0.338 e. The van der Waals surface area contributed by atoms with Crippen molar-refractivity contribution in [2.24, 2.45) is 0 Å². The first-order valence-corrected chi connectivity index (χ1v) is 7.98. The molecule has 0 saturated carbocycles. The average Bonchev–Trinajstić information content (AvgIpc) is 2.52. The molecule has 4 nitrogen and oxygen atoms in total. The average molecular weight is 409 g/mol. The highest BCUT2D eigenvalue weighted by atomic mass is 127. The number of amides is 1. The molecule has 0 aliphatic rings. The third kappa shape index (κ3) is 4.84. The van der Waals surface area contributed by atoms with Gasteiger partial charge in [-0.05, 0) is 64.9 Å². The maximum Gasteiger partial charge on any atom is 0.338 e. The van der Waals surface area contributed by atoms with E-state index in [1.54, 1.807) is 24.3 Å². The second kappa shape index (κ2) is 7.93. The van der Waals surface area contributed by atoms with Crippen LogP contribution >= 0.6 is 22.6 Å². The fourth-order valence-corrected chi connectivity index (χ4v) is 2.44. The predicted octanol–water partition coefficient (Wildman–Crippen LogP) is 3.65. The Kier molecular flexibility index (Phi) is 5.94. The van der Waals surface area contributed by atoms with E-state index in [1.165, 1.54) is 0 Å². The predicted molar refractivity (Wildman–Crippen MR) is 93.9 cm³/mol. The van der Waals surface area contributed by atoms with Crippen molar-refractivity contribution in [1.82, 2.24) is 0 Å². The highest BCUT2D eigenvalue weighted by Gasteiger charge is 2.10. The molecule has 0 aliphatic carbocycles. The van der Waals surface area contributed by atoms with E-state index in [1.807, 2.05) is 31.2 Å². The van der Waals surface area contributed by atoms with Crippen molar-refractivity contribution in [3.63, 3.8) is 0 Å². The minimum Gasteiger partial charge on any atom is -0.452 e. The number of carbonyl (C=O) groups is 2. The number of halogens is 1. The van der Waals surface area contributed by atoms with Gasteiger partial charge in [-0.15, -0.1) is 0 Å². The molecule has 22 heavy (non-hydrogen) atoms. The van der Waals surface area contributed by atoms with Crippen LogP contribution in [0.4, 0.5) is 5.69 Å². The molecule has 0 aromatic heterocycles. The molecule has 0 spiro atoms. The van der Waals surface area contributed by atoms with E-state index in [4.69, 9.17) is 4.74 Å². The lowest BCUT2D eigenvalue weighted by atomic mass is 10.1. The highest BCUT2D eigenvalue weighted by molar-refractivity contribution is 14.1. The fraction of sp³-hybridized carbons (Fsp3) is 0.176. The largest absolute Gasteiger partial charge is 0.452 e. The Balaban J connectivity index is 1.88. The lowest BCUT2D eigenvalue weighted by Crippen LogP contribution is -2.21. The standard InChI is InChI=1S/C17H16INO3/c1-2-12-5-3-8-15(9-12)19-16(20)11-22-17(21)13-6-4-7-14(18)10-13/h3-10H,2,11H2,1H3,(H,19,20). The maximum atomic E-state index is 11.8. The molecule has 0 aliphatic heterocycles. The normalized spacial score (nSPS) is 10.1. The van der Waals surface area contributed by atoms with Gasteiger partial charge >= 0.3 is 5.97 Å². The van der Waals surface area contributed by atoms with E-state index in [9.17, 15) is 9.59 Å². The van der Waals surface area contributed by atoms with Gasteiger partial charge < -0.3 is 10.1 Å². The van der Waals surface area contributed by atoms with Gasteiger partial charge in [-0.2, -0.15) is 0 Å². The van der Waals surface area contributed by atoms with Crippen LogP contribution in [0.2, 0.25) is 0 Å². The summed E-state index contributed by atoms with van der Waals surface area (Å²) in [5.74, 6) is -0.858. The van der Waals surface area contributed by atoms with Crippen LogP contribution in [0.15, 0.2) is 48.5 Å². The zero-order valence-corrected chi connectivity index (χ0v) is 14.3. The number of hydrogen-bond donors (Lipinski definition) is 1. The van der Waals surface area contributed by atoms with Crippen LogP contribution in [0.3, 0.4) is 0 Å². The van der Waals surface area contributed by atoms with Crippen LogP contribution in [0, 0.1) is 3.57 Å². The van der Waals surface area contributed by atoms with Crippen LogP contribution in [0.25, 0.3) is 0 Å². The number of anilines is 1. The summed E-state index contributed by atoms with van der Waals surface area (Å²) in [5, 5.41) is 2.72. The number of esters is 1. The summed E-state index contributed by atoms with van der Waals surface area (Å²) in [6.45, 7) is 1.74. The Hall–Kier alpha value is -1.89. The van der Waals surface area contributed by atoms with Gasteiger partial charge in [0.15, 0.2) is 6.61 Å². The van der Waals surface area contributed by atoms with Gasteiger partial charge in [0.2, 0.25) is 0 Å². The van der Waals surface area contributed by atoms with Crippen molar-refractivity contribution >= 4 is 40.2 Å². The fourth-order valence-electron chi connectivity index (χ4n) is 1.90. The van der Waals surface area contributed by atoms with Crippen LogP contribution in [0.5, 0.6) is 0 Å². The van der Waals surface area contributed by atoms with E-state index < -0.39 is 5.97 Å². The Morgan fingerprint density at radius 3 is 2.64 bits per heavy atom. The summed E-state index contributed by atoms with van der Waals surface area (Å²) < 4.78 is 5.96. The van der Waals surface area contributed by atoms with Gasteiger partial charge in [-0.3, -0.25) is 4.79 Å². The molecule has 5 heteroatoms. The quantitative estimate of drug-likeness (QED) is 0.606. The first-order chi connectivity index (χ1) is 10.6. The van der Waals surface area contributed by atoms with Gasteiger partial charge in [0.1, 0.15) is 0 Å². The highest BCUT2D eigenvalue weighted by Crippen LogP contribution is 2.11. The van der Waals surface area contributed by atoms with Gasteiger partial charge in [0.05, 0.1) is 5.56 Å². The lowest BCUT2D eigenvalue weighted by Gasteiger charge is -2.08. The van der Waals surface area contributed by atoms with E-state index in [2.05, 4.69) is 27.9 Å². The molecule has 0 saturated heterocycles. The Labute approximate surface area is 143 Å². The summed E-state index contributed by atoms with van der Waals surface area (Å²) in [5.41, 5.74) is 2.27. The van der Waals surface area contributed by atoms with Crippen molar-refractivity contribution in [3.8, 4) is 0 Å². The number of aryl methyl sites for hydroxylation is 1. The van der Waals surface area contributed by atoms with Crippen LogP contribution < -0.4 is 5.32 Å². The van der Waals surface area contributed by atoms with Gasteiger partial charge in [-0.1, -0.05) is 25.1 Å². The number of ether oxygens (including phenoxy) is 1. The molecule has 0 radical (unpaired) electrons. The Morgan fingerprint density at radius 1 is 1.14 bits per heavy atom. The van der Waals surface area contributed by atoms with Crippen LogP contribution in [0.1, 0.15) is 22.8 Å². The van der Waals surface area contributed by atoms with Gasteiger partial charge in [-0.25, -0.2) is 4.79 Å². The number of benzene rings is 2. The third-order valence-corrected chi connectivity index (χ3v) is 3.68. The summed E-state index contributed by atoms with van der Waals surface area (Å²) in [6.07, 6.45) is 0.894. The van der Waals surface area contributed by atoms with Crippen LogP contribution in [-0.4, -0.2) is 18.5 Å². The Morgan fingerprint density at radius 2 is 1.91 bits per heavy atom. The van der Waals surface area contributed by atoms with Crippen molar-refractivity contribution in [3.05, 3.63) is 63.2 Å². The Bertz CT molecular complexity index is 685. The van der Waals surface area contributed by atoms with E-state index in [-0.39, 0.29) is 12.5 Å². The molecule has 2 aromatic rings. The maximum absolute atomic E-state index is 11.8. The van der Waals surface area contributed by atoms with Gasteiger partial charge in [0, 0.05) is 9.26 Å². The first-order valence-electron chi connectivity index (χ1n) is 6.90. The molecule has 0 heterocycles. The molecule has 0 atom stereocenters. The van der Waals surface area contributed by atoms with Crippen molar-refractivity contribution < 1.29 is 14.3 Å². The molecule has 0 fully saturated rings.